The number of rotatable bonds is 4. The van der Waals surface area contributed by atoms with E-state index in [9.17, 15) is 13.6 Å². The highest BCUT2D eigenvalue weighted by atomic mass is 19.2. The number of benzene rings is 1. The van der Waals surface area contributed by atoms with E-state index < -0.39 is 17.2 Å². The van der Waals surface area contributed by atoms with Gasteiger partial charge in [0, 0.05) is 18.0 Å². The molecular weight excluding hydrogens is 250 g/mol. The molecule has 1 aromatic carbocycles. The van der Waals surface area contributed by atoms with Gasteiger partial charge >= 0.3 is 0 Å². The number of hydrogen-bond donors (Lipinski definition) is 2. The van der Waals surface area contributed by atoms with Crippen molar-refractivity contribution in [3.63, 3.8) is 0 Å². The van der Waals surface area contributed by atoms with Gasteiger partial charge in [-0.15, -0.1) is 0 Å². The Morgan fingerprint density at radius 2 is 2.16 bits per heavy atom. The summed E-state index contributed by atoms with van der Waals surface area (Å²) in [5.41, 5.74) is 5.57. The lowest BCUT2D eigenvalue weighted by Gasteiger charge is -2.18. The Morgan fingerprint density at radius 1 is 1.47 bits per heavy atom. The number of amides is 1. The van der Waals surface area contributed by atoms with Crippen molar-refractivity contribution in [3.8, 4) is 0 Å². The van der Waals surface area contributed by atoms with Crippen LogP contribution in [0.3, 0.4) is 0 Å². The Bertz CT molecular complexity index is 497. The van der Waals surface area contributed by atoms with Crippen molar-refractivity contribution in [1.29, 1.82) is 0 Å². The van der Waals surface area contributed by atoms with Gasteiger partial charge in [-0.3, -0.25) is 4.79 Å². The summed E-state index contributed by atoms with van der Waals surface area (Å²) in [6.07, 6.45) is 0.553. The van der Waals surface area contributed by atoms with Crippen LogP contribution in [-0.4, -0.2) is 18.0 Å². The molecule has 2 rings (SSSR count). The van der Waals surface area contributed by atoms with E-state index in [0.717, 1.165) is 6.07 Å². The molecule has 1 aromatic rings. The monoisotopic (exact) mass is 268 g/mol. The van der Waals surface area contributed by atoms with E-state index in [1.165, 1.54) is 12.1 Å². The van der Waals surface area contributed by atoms with Crippen molar-refractivity contribution in [3.05, 3.63) is 35.4 Å². The van der Waals surface area contributed by atoms with Crippen LogP contribution in [-0.2, 0) is 4.79 Å². The summed E-state index contributed by atoms with van der Waals surface area (Å²) in [6, 6.07) is 4.07. The quantitative estimate of drug-likeness (QED) is 0.876. The molecule has 0 spiro atoms. The molecule has 1 saturated carbocycles. The van der Waals surface area contributed by atoms with Crippen LogP contribution in [0.1, 0.15) is 31.7 Å². The van der Waals surface area contributed by atoms with E-state index in [1.54, 1.807) is 0 Å². The second kappa shape index (κ2) is 4.89. The third-order valence-electron chi connectivity index (χ3n) is 3.23. The van der Waals surface area contributed by atoms with Gasteiger partial charge in [-0.2, -0.15) is 0 Å². The third kappa shape index (κ3) is 3.29. The first-order valence-corrected chi connectivity index (χ1v) is 6.30. The number of carbonyl (C=O) groups excluding carboxylic acids is 1. The van der Waals surface area contributed by atoms with Crippen LogP contribution in [0, 0.1) is 17.6 Å². The molecule has 19 heavy (non-hydrogen) atoms. The molecule has 5 heteroatoms. The van der Waals surface area contributed by atoms with Crippen LogP contribution in [0.25, 0.3) is 0 Å². The summed E-state index contributed by atoms with van der Waals surface area (Å²) in [5.74, 6) is -2.36. The van der Waals surface area contributed by atoms with E-state index in [0.29, 0.717) is 13.0 Å². The maximum absolute atomic E-state index is 13.6. The average molecular weight is 268 g/mol. The molecule has 0 aliphatic heterocycles. The van der Waals surface area contributed by atoms with E-state index in [2.05, 4.69) is 5.32 Å². The number of hydrogen-bond acceptors (Lipinski definition) is 2. The minimum absolute atomic E-state index is 0.146. The molecule has 3 N–H and O–H groups in total. The third-order valence-corrected chi connectivity index (χ3v) is 3.23. The van der Waals surface area contributed by atoms with Gasteiger partial charge in [-0.1, -0.05) is 12.1 Å². The molecular formula is C14H18F2N2O. The van der Waals surface area contributed by atoms with Gasteiger partial charge < -0.3 is 11.1 Å². The molecule has 0 saturated heterocycles. The van der Waals surface area contributed by atoms with Crippen molar-refractivity contribution in [2.24, 2.45) is 11.7 Å². The van der Waals surface area contributed by atoms with Crippen molar-refractivity contribution < 1.29 is 13.6 Å². The fourth-order valence-corrected chi connectivity index (χ4v) is 2.08. The predicted octanol–water partition coefficient (Wildman–Crippen LogP) is 1.92. The van der Waals surface area contributed by atoms with Crippen LogP contribution in [0.15, 0.2) is 18.2 Å². The van der Waals surface area contributed by atoms with Crippen LogP contribution in [0.4, 0.5) is 8.78 Å². The highest BCUT2D eigenvalue weighted by Gasteiger charge is 2.45. The first-order valence-electron chi connectivity index (χ1n) is 6.30. The summed E-state index contributed by atoms with van der Waals surface area (Å²) in [7, 11) is 0. The lowest BCUT2D eigenvalue weighted by Crippen LogP contribution is -2.45. The smallest absolute Gasteiger partial charge is 0.223 e. The van der Waals surface area contributed by atoms with E-state index in [4.69, 9.17) is 5.73 Å². The number of carbonyl (C=O) groups is 1. The van der Waals surface area contributed by atoms with Gasteiger partial charge in [0.1, 0.15) is 0 Å². The van der Waals surface area contributed by atoms with Crippen molar-refractivity contribution >= 4 is 5.91 Å². The summed E-state index contributed by atoms with van der Waals surface area (Å²) < 4.78 is 26.7. The molecule has 104 valence electrons. The molecule has 3 nitrogen and oxygen atoms in total. The maximum Gasteiger partial charge on any atom is 0.223 e. The molecule has 2 unspecified atom stereocenters. The Morgan fingerprint density at radius 3 is 2.79 bits per heavy atom. The van der Waals surface area contributed by atoms with Gasteiger partial charge in [0.25, 0.3) is 0 Å². The Balaban J connectivity index is 1.97. The van der Waals surface area contributed by atoms with Crippen molar-refractivity contribution in [2.45, 2.75) is 31.7 Å². The average Bonchev–Trinajstić information content (AvgIpc) is 3.09. The predicted molar refractivity (Wildman–Crippen MR) is 68.5 cm³/mol. The summed E-state index contributed by atoms with van der Waals surface area (Å²) >= 11 is 0. The maximum atomic E-state index is 13.6. The van der Waals surface area contributed by atoms with Gasteiger partial charge in [0.2, 0.25) is 5.91 Å². The van der Waals surface area contributed by atoms with Gasteiger partial charge in [0.05, 0.1) is 0 Å². The lowest BCUT2D eigenvalue weighted by molar-refractivity contribution is -0.122. The summed E-state index contributed by atoms with van der Waals surface area (Å²) in [5, 5.41) is 2.74. The number of halogens is 2. The normalized spacial score (nSPS) is 22.2. The van der Waals surface area contributed by atoms with Crippen LogP contribution in [0.5, 0.6) is 0 Å². The molecule has 0 heterocycles. The first kappa shape index (κ1) is 13.9. The van der Waals surface area contributed by atoms with Crippen LogP contribution >= 0.6 is 0 Å². The first-order chi connectivity index (χ1) is 8.79. The number of nitrogens with one attached hydrogen (secondary N) is 1. The molecule has 0 aromatic heterocycles. The zero-order valence-electron chi connectivity index (χ0n) is 11.0. The molecule has 1 amide bonds. The fraction of sp³-hybridized carbons (Fsp3) is 0.500. The van der Waals surface area contributed by atoms with E-state index in [1.807, 2.05) is 13.8 Å². The highest BCUT2D eigenvalue weighted by Crippen LogP contribution is 2.48. The highest BCUT2D eigenvalue weighted by molar-refractivity contribution is 5.83. The molecule has 0 radical (unpaired) electrons. The summed E-state index contributed by atoms with van der Waals surface area (Å²) in [6.45, 7) is 3.98. The van der Waals surface area contributed by atoms with Crippen molar-refractivity contribution in [1.82, 2.24) is 5.32 Å². The topological polar surface area (TPSA) is 55.1 Å². The largest absolute Gasteiger partial charge is 0.354 e. The SMILES string of the molecule is CC(C)(N)CNC(=O)C1CC1c1cccc(F)c1F. The minimum atomic E-state index is -0.869. The lowest BCUT2D eigenvalue weighted by atomic mass is 10.1. The van der Waals surface area contributed by atoms with Gasteiger partial charge in [0.15, 0.2) is 11.6 Å². The zero-order valence-corrected chi connectivity index (χ0v) is 11.0. The second-order valence-electron chi connectivity index (χ2n) is 5.80. The Kier molecular flexibility index (Phi) is 3.58. The number of nitrogens with two attached hydrogens (primary N) is 1. The van der Waals surface area contributed by atoms with E-state index >= 15 is 0 Å². The Hall–Kier alpha value is -1.49. The van der Waals surface area contributed by atoms with Gasteiger partial charge in [-0.25, -0.2) is 8.78 Å². The standard InChI is InChI=1S/C14H18F2N2O/c1-14(2,17)7-18-13(19)10-6-9(10)8-4-3-5-11(15)12(8)16/h3-5,9-10H,6-7,17H2,1-2H3,(H,18,19). The fourth-order valence-electron chi connectivity index (χ4n) is 2.08. The molecule has 1 aliphatic carbocycles. The van der Waals surface area contributed by atoms with Crippen LogP contribution in [0.2, 0.25) is 0 Å². The Labute approximate surface area is 111 Å². The van der Waals surface area contributed by atoms with Gasteiger partial charge in [-0.05, 0) is 37.8 Å². The molecule has 2 atom stereocenters. The minimum Gasteiger partial charge on any atom is -0.354 e. The van der Waals surface area contributed by atoms with Crippen LogP contribution < -0.4 is 11.1 Å². The second-order valence-corrected chi connectivity index (χ2v) is 5.80. The molecule has 1 aliphatic rings. The summed E-state index contributed by atoms with van der Waals surface area (Å²) in [4.78, 5) is 11.8. The van der Waals surface area contributed by atoms with E-state index in [-0.39, 0.29) is 23.3 Å². The molecule has 0 bridgehead atoms. The van der Waals surface area contributed by atoms with Crippen molar-refractivity contribution in [2.75, 3.05) is 6.54 Å². The molecule has 1 fully saturated rings. The zero-order chi connectivity index (χ0) is 14.2.